The molecule has 0 aliphatic heterocycles. The van der Waals surface area contributed by atoms with Gasteiger partial charge >= 0.3 is 5.97 Å². The summed E-state index contributed by atoms with van der Waals surface area (Å²) in [7, 11) is 0. The summed E-state index contributed by atoms with van der Waals surface area (Å²) in [5.74, 6) is -0.781. The predicted molar refractivity (Wildman–Crippen MR) is 57.6 cm³/mol. The highest BCUT2D eigenvalue weighted by Crippen LogP contribution is 2.45. The fourth-order valence-electron chi connectivity index (χ4n) is 0.347. The van der Waals surface area contributed by atoms with E-state index in [9.17, 15) is 4.79 Å². The molecular formula is C5H7Cl3O2S2. The van der Waals surface area contributed by atoms with Gasteiger partial charge in [-0.05, 0) is 6.92 Å². The van der Waals surface area contributed by atoms with Crippen LogP contribution in [0.25, 0.3) is 0 Å². The van der Waals surface area contributed by atoms with E-state index >= 15 is 0 Å². The second-order valence-corrected chi connectivity index (χ2v) is 5.87. The zero-order valence-electron chi connectivity index (χ0n) is 6.05. The molecule has 0 aromatic carbocycles. The minimum atomic E-state index is -1.91. The minimum absolute atomic E-state index is 0.183. The first-order valence-corrected chi connectivity index (χ1v) is 4.95. The Labute approximate surface area is 96.7 Å². The number of hydrogen-bond acceptors (Lipinski definition) is 4. The van der Waals surface area contributed by atoms with Gasteiger partial charge in [0.2, 0.25) is 3.79 Å². The Balaban J connectivity index is 4.50. The summed E-state index contributed by atoms with van der Waals surface area (Å²) in [6.45, 7) is 1.82. The third-order valence-corrected chi connectivity index (χ3v) is 3.63. The highest BCUT2D eigenvalue weighted by atomic mass is 35.6. The molecule has 0 unspecified atom stereocenters. The Morgan fingerprint density at radius 2 is 1.83 bits per heavy atom. The second kappa shape index (κ2) is 4.51. The molecular weight excluding hydrogens is 263 g/mol. The highest BCUT2D eigenvalue weighted by Gasteiger charge is 2.50. The van der Waals surface area contributed by atoms with Crippen molar-refractivity contribution >= 4 is 66.0 Å². The molecule has 7 heteroatoms. The summed E-state index contributed by atoms with van der Waals surface area (Å²) in [6.07, 6.45) is 0. The topological polar surface area (TPSA) is 26.3 Å². The van der Waals surface area contributed by atoms with Crippen LogP contribution in [0.1, 0.15) is 6.92 Å². The van der Waals surface area contributed by atoms with E-state index in [0.717, 1.165) is 0 Å². The number of rotatable bonds is 2. The van der Waals surface area contributed by atoms with Gasteiger partial charge in [-0.2, -0.15) is 0 Å². The van der Waals surface area contributed by atoms with Gasteiger partial charge in [0.15, 0.2) is 4.08 Å². The quantitative estimate of drug-likeness (QED) is 0.349. The first kappa shape index (κ1) is 13.0. The van der Waals surface area contributed by atoms with E-state index in [1.165, 1.54) is 0 Å². The van der Waals surface area contributed by atoms with Crippen LogP contribution in [-0.4, -0.2) is 20.4 Å². The van der Waals surface area contributed by atoms with Crippen molar-refractivity contribution in [3.8, 4) is 0 Å². The summed E-state index contributed by atoms with van der Waals surface area (Å²) in [4.78, 5) is 11.1. The molecule has 12 heavy (non-hydrogen) atoms. The van der Waals surface area contributed by atoms with Crippen LogP contribution in [0.5, 0.6) is 0 Å². The van der Waals surface area contributed by atoms with Crippen LogP contribution in [-0.2, 0) is 9.53 Å². The molecule has 0 aliphatic rings. The van der Waals surface area contributed by atoms with Crippen molar-refractivity contribution in [3.63, 3.8) is 0 Å². The number of hydrogen-bond donors (Lipinski definition) is 2. The molecule has 0 spiro atoms. The Morgan fingerprint density at radius 1 is 1.42 bits per heavy atom. The third kappa shape index (κ3) is 3.07. The van der Waals surface area contributed by atoms with Gasteiger partial charge < -0.3 is 4.74 Å². The van der Waals surface area contributed by atoms with Crippen molar-refractivity contribution in [2.45, 2.75) is 14.8 Å². The lowest BCUT2D eigenvalue weighted by atomic mass is 10.4. The fourth-order valence-corrected chi connectivity index (χ4v) is 0.708. The second-order valence-electron chi connectivity index (χ2n) is 1.89. The molecule has 0 saturated carbocycles. The molecule has 0 aromatic rings. The first-order chi connectivity index (χ1) is 5.23. The Kier molecular flexibility index (Phi) is 4.90. The molecule has 0 aromatic heterocycles. The molecule has 0 saturated heterocycles. The number of alkyl halides is 3. The van der Waals surface area contributed by atoms with Gasteiger partial charge in [0.25, 0.3) is 0 Å². The van der Waals surface area contributed by atoms with E-state index < -0.39 is 13.8 Å². The average molecular weight is 270 g/mol. The molecule has 0 bridgehead atoms. The summed E-state index contributed by atoms with van der Waals surface area (Å²) in [5, 5.41) is 0. The molecule has 0 aliphatic carbocycles. The standard InChI is InChI=1S/C5H7Cl3O2S2/c1-2-10-3(9)4(11,12)5(6,7)8/h11-12H,2H2,1H3. The maximum absolute atomic E-state index is 11.1. The molecule has 0 heterocycles. The molecule has 0 rings (SSSR count). The lowest BCUT2D eigenvalue weighted by Crippen LogP contribution is -2.41. The van der Waals surface area contributed by atoms with Crippen molar-refractivity contribution < 1.29 is 9.53 Å². The molecule has 0 atom stereocenters. The number of carbonyl (C=O) groups is 1. The van der Waals surface area contributed by atoms with E-state index in [-0.39, 0.29) is 6.61 Å². The predicted octanol–water partition coefficient (Wildman–Crippen LogP) is 2.48. The van der Waals surface area contributed by atoms with Gasteiger partial charge in [-0.1, -0.05) is 34.8 Å². The zero-order chi connectivity index (χ0) is 9.99. The maximum Gasteiger partial charge on any atom is 0.336 e. The number of carbonyl (C=O) groups excluding carboxylic acids is 1. The van der Waals surface area contributed by atoms with E-state index in [1.807, 2.05) is 0 Å². The number of esters is 1. The molecule has 72 valence electrons. The van der Waals surface area contributed by atoms with Crippen LogP contribution in [0.4, 0.5) is 0 Å². The van der Waals surface area contributed by atoms with Gasteiger partial charge in [0, 0.05) is 0 Å². The van der Waals surface area contributed by atoms with Gasteiger partial charge in [-0.15, -0.1) is 25.3 Å². The molecule has 0 N–H and O–H groups in total. The van der Waals surface area contributed by atoms with Crippen LogP contribution < -0.4 is 0 Å². The Bertz CT molecular complexity index is 178. The van der Waals surface area contributed by atoms with E-state index in [1.54, 1.807) is 6.92 Å². The van der Waals surface area contributed by atoms with Gasteiger partial charge in [-0.25, -0.2) is 4.79 Å². The summed E-state index contributed by atoms with van der Waals surface area (Å²) >= 11 is 23.9. The summed E-state index contributed by atoms with van der Waals surface area (Å²) < 4.78 is 0.948. The van der Waals surface area contributed by atoms with Crippen LogP contribution in [0, 0.1) is 0 Å². The first-order valence-electron chi connectivity index (χ1n) is 2.92. The van der Waals surface area contributed by atoms with Gasteiger partial charge in [0.1, 0.15) is 0 Å². The summed E-state index contributed by atoms with van der Waals surface area (Å²) in [6, 6.07) is 0. The average Bonchev–Trinajstić information content (AvgIpc) is 1.85. The number of ether oxygens (including phenoxy) is 1. The van der Waals surface area contributed by atoms with Crippen LogP contribution >= 0.6 is 60.1 Å². The van der Waals surface area contributed by atoms with Crippen molar-refractivity contribution in [1.29, 1.82) is 0 Å². The van der Waals surface area contributed by atoms with Crippen LogP contribution in [0.3, 0.4) is 0 Å². The van der Waals surface area contributed by atoms with Gasteiger partial charge in [-0.3, -0.25) is 0 Å². The van der Waals surface area contributed by atoms with E-state index in [0.29, 0.717) is 0 Å². The van der Waals surface area contributed by atoms with Crippen molar-refractivity contribution in [2.75, 3.05) is 6.61 Å². The largest absolute Gasteiger partial charge is 0.464 e. The Morgan fingerprint density at radius 3 is 2.08 bits per heavy atom. The van der Waals surface area contributed by atoms with Crippen molar-refractivity contribution in [1.82, 2.24) is 0 Å². The van der Waals surface area contributed by atoms with Crippen LogP contribution in [0.2, 0.25) is 0 Å². The number of thiol groups is 2. The summed E-state index contributed by atoms with van der Waals surface area (Å²) in [5.41, 5.74) is 0. The lowest BCUT2D eigenvalue weighted by molar-refractivity contribution is -0.143. The van der Waals surface area contributed by atoms with E-state index in [4.69, 9.17) is 34.8 Å². The monoisotopic (exact) mass is 268 g/mol. The van der Waals surface area contributed by atoms with Gasteiger partial charge in [0.05, 0.1) is 6.61 Å². The lowest BCUT2D eigenvalue weighted by Gasteiger charge is -2.27. The molecule has 0 radical (unpaired) electrons. The number of halogens is 3. The van der Waals surface area contributed by atoms with Crippen LogP contribution in [0.15, 0.2) is 0 Å². The fraction of sp³-hybridized carbons (Fsp3) is 0.800. The third-order valence-electron chi connectivity index (χ3n) is 0.955. The SMILES string of the molecule is CCOC(=O)C(S)(S)C(Cl)(Cl)Cl. The minimum Gasteiger partial charge on any atom is -0.464 e. The molecule has 2 nitrogen and oxygen atoms in total. The molecule has 0 amide bonds. The highest BCUT2D eigenvalue weighted by molar-refractivity contribution is 8.02. The van der Waals surface area contributed by atoms with E-state index in [2.05, 4.69) is 30.0 Å². The van der Waals surface area contributed by atoms with Crippen molar-refractivity contribution in [2.24, 2.45) is 0 Å². The maximum atomic E-state index is 11.1. The normalized spacial score (nSPS) is 12.8. The zero-order valence-corrected chi connectivity index (χ0v) is 10.1. The van der Waals surface area contributed by atoms with Crippen molar-refractivity contribution in [3.05, 3.63) is 0 Å². The smallest absolute Gasteiger partial charge is 0.336 e. The molecule has 0 fully saturated rings. The Hall–Kier alpha value is 1.04.